The van der Waals surface area contributed by atoms with Crippen molar-refractivity contribution in [2.24, 2.45) is 5.41 Å². The van der Waals surface area contributed by atoms with Crippen molar-refractivity contribution in [3.63, 3.8) is 0 Å². The van der Waals surface area contributed by atoms with E-state index in [1.54, 1.807) is 0 Å². The molecule has 1 heterocycles. The Bertz CT molecular complexity index is 562. The van der Waals surface area contributed by atoms with Gasteiger partial charge >= 0.3 is 0 Å². The van der Waals surface area contributed by atoms with Gasteiger partial charge in [0.15, 0.2) is 0 Å². The van der Waals surface area contributed by atoms with E-state index in [4.69, 9.17) is 16.6 Å². The highest BCUT2D eigenvalue weighted by molar-refractivity contribution is 6.20. The summed E-state index contributed by atoms with van der Waals surface area (Å²) in [4.78, 5) is 4.73. The second-order valence-electron chi connectivity index (χ2n) is 6.18. The molecule has 0 radical (unpaired) electrons. The summed E-state index contributed by atoms with van der Waals surface area (Å²) >= 11 is 6.28. The number of imidazole rings is 1. The lowest BCUT2D eigenvalue weighted by atomic mass is 9.96. The number of fused-ring (bicyclic) bond motifs is 1. The fourth-order valence-corrected chi connectivity index (χ4v) is 2.42. The van der Waals surface area contributed by atoms with Crippen molar-refractivity contribution in [1.82, 2.24) is 9.55 Å². The lowest BCUT2D eigenvalue weighted by Crippen LogP contribution is -2.17. The summed E-state index contributed by atoms with van der Waals surface area (Å²) in [5, 5.41) is -0.0702. The Balaban J connectivity index is 2.67. The molecule has 0 saturated carbocycles. The first-order chi connectivity index (χ1) is 8.29. The van der Waals surface area contributed by atoms with E-state index in [1.165, 1.54) is 11.1 Å². The Kier molecular flexibility index (Phi) is 3.41. The van der Waals surface area contributed by atoms with Gasteiger partial charge in [0.1, 0.15) is 5.82 Å². The van der Waals surface area contributed by atoms with Gasteiger partial charge in [0.05, 0.1) is 16.4 Å². The van der Waals surface area contributed by atoms with Crippen LogP contribution in [0, 0.1) is 12.3 Å². The molecule has 0 N–H and O–H groups in total. The molecule has 98 valence electrons. The van der Waals surface area contributed by atoms with E-state index in [0.717, 1.165) is 17.9 Å². The number of aryl methyl sites for hydroxylation is 1. The number of para-hydroxylation sites is 1. The van der Waals surface area contributed by atoms with Crippen LogP contribution in [-0.4, -0.2) is 9.55 Å². The molecule has 0 aliphatic rings. The van der Waals surface area contributed by atoms with Crippen LogP contribution in [0.4, 0.5) is 0 Å². The van der Waals surface area contributed by atoms with Crippen molar-refractivity contribution in [3.05, 3.63) is 29.6 Å². The van der Waals surface area contributed by atoms with Crippen molar-refractivity contribution in [2.45, 2.75) is 46.5 Å². The van der Waals surface area contributed by atoms with Gasteiger partial charge in [0.25, 0.3) is 0 Å². The number of benzene rings is 1. The van der Waals surface area contributed by atoms with E-state index < -0.39 is 0 Å². The van der Waals surface area contributed by atoms with E-state index in [-0.39, 0.29) is 10.8 Å². The van der Waals surface area contributed by atoms with Gasteiger partial charge in [-0.1, -0.05) is 32.9 Å². The van der Waals surface area contributed by atoms with Crippen molar-refractivity contribution >= 4 is 22.6 Å². The number of rotatable bonds is 2. The second kappa shape index (κ2) is 4.58. The second-order valence-corrected chi connectivity index (χ2v) is 6.83. The normalized spacial score (nSPS) is 14.1. The fourth-order valence-electron chi connectivity index (χ4n) is 2.25. The summed E-state index contributed by atoms with van der Waals surface area (Å²) in [5.41, 5.74) is 3.67. The minimum atomic E-state index is -0.0702. The molecule has 0 bridgehead atoms. The van der Waals surface area contributed by atoms with E-state index in [9.17, 15) is 0 Å². The maximum atomic E-state index is 6.28. The minimum Gasteiger partial charge on any atom is -0.326 e. The van der Waals surface area contributed by atoms with Crippen LogP contribution in [0.3, 0.4) is 0 Å². The Morgan fingerprint density at radius 1 is 1.33 bits per heavy atom. The summed E-state index contributed by atoms with van der Waals surface area (Å²) in [5.74, 6) is 0.968. The highest BCUT2D eigenvalue weighted by atomic mass is 35.5. The lowest BCUT2D eigenvalue weighted by molar-refractivity contribution is 0.343. The van der Waals surface area contributed by atoms with E-state index in [1.807, 2.05) is 6.92 Å². The molecule has 1 aromatic carbocycles. The van der Waals surface area contributed by atoms with Gasteiger partial charge in [0.2, 0.25) is 0 Å². The summed E-state index contributed by atoms with van der Waals surface area (Å²) in [7, 11) is 0. The number of hydrogen-bond donors (Lipinski definition) is 0. The van der Waals surface area contributed by atoms with Crippen molar-refractivity contribution in [1.29, 1.82) is 0 Å². The summed E-state index contributed by atoms with van der Waals surface area (Å²) in [6.45, 7) is 11.7. The predicted octanol–water partition coefficient (Wildman–Crippen LogP) is 4.69. The molecule has 0 fully saturated rings. The molecule has 1 aromatic heterocycles. The number of alkyl halides is 1. The third kappa shape index (κ3) is 2.54. The quantitative estimate of drug-likeness (QED) is 0.720. The van der Waals surface area contributed by atoms with E-state index in [0.29, 0.717) is 0 Å². The Morgan fingerprint density at radius 2 is 2.00 bits per heavy atom. The molecule has 0 saturated heterocycles. The number of aromatic nitrogens is 2. The Labute approximate surface area is 114 Å². The van der Waals surface area contributed by atoms with Crippen LogP contribution < -0.4 is 0 Å². The maximum absolute atomic E-state index is 6.28. The van der Waals surface area contributed by atoms with Gasteiger partial charge in [-0.05, 0) is 30.9 Å². The third-order valence-corrected chi connectivity index (χ3v) is 3.19. The van der Waals surface area contributed by atoms with Gasteiger partial charge in [-0.25, -0.2) is 4.98 Å². The monoisotopic (exact) mass is 264 g/mol. The molecule has 1 unspecified atom stereocenters. The highest BCUT2D eigenvalue weighted by Gasteiger charge is 2.20. The van der Waals surface area contributed by atoms with E-state index in [2.05, 4.69) is 50.5 Å². The molecule has 2 aromatic rings. The molecule has 0 aliphatic carbocycles. The molecule has 2 nitrogen and oxygen atoms in total. The van der Waals surface area contributed by atoms with Gasteiger partial charge < -0.3 is 4.57 Å². The summed E-state index contributed by atoms with van der Waals surface area (Å²) < 4.78 is 2.26. The molecule has 0 aliphatic heterocycles. The van der Waals surface area contributed by atoms with Crippen LogP contribution >= 0.6 is 11.6 Å². The topological polar surface area (TPSA) is 17.8 Å². The van der Waals surface area contributed by atoms with Gasteiger partial charge in [-0.15, -0.1) is 11.6 Å². The van der Waals surface area contributed by atoms with Gasteiger partial charge in [-0.2, -0.15) is 0 Å². The smallest absolute Gasteiger partial charge is 0.127 e. The average Bonchev–Trinajstić information content (AvgIpc) is 2.57. The fraction of sp³-hybridized carbons (Fsp3) is 0.533. The standard InChI is InChI=1S/C15H21ClN2/c1-10-7-6-8-12-13(10)17-14(11(2)16)18(12)9-15(3,4)5/h6-8,11H,9H2,1-5H3. The molecule has 3 heteroatoms. The van der Waals surface area contributed by atoms with Crippen LogP contribution in [0.2, 0.25) is 0 Å². The lowest BCUT2D eigenvalue weighted by Gasteiger charge is -2.21. The van der Waals surface area contributed by atoms with E-state index >= 15 is 0 Å². The molecular weight excluding hydrogens is 244 g/mol. The van der Waals surface area contributed by atoms with Gasteiger partial charge in [-0.3, -0.25) is 0 Å². The zero-order valence-corrected chi connectivity index (χ0v) is 12.5. The van der Waals surface area contributed by atoms with Crippen molar-refractivity contribution in [3.8, 4) is 0 Å². The van der Waals surface area contributed by atoms with Crippen molar-refractivity contribution in [2.75, 3.05) is 0 Å². The predicted molar refractivity (Wildman–Crippen MR) is 78.2 cm³/mol. The van der Waals surface area contributed by atoms with Crippen LogP contribution in [0.5, 0.6) is 0 Å². The summed E-state index contributed by atoms with van der Waals surface area (Å²) in [6, 6.07) is 6.31. The van der Waals surface area contributed by atoms with Crippen LogP contribution in [0.1, 0.15) is 44.5 Å². The first-order valence-corrected chi connectivity index (χ1v) is 6.83. The molecule has 0 spiro atoms. The number of hydrogen-bond acceptors (Lipinski definition) is 1. The SMILES string of the molecule is Cc1cccc2c1nc(C(C)Cl)n2CC(C)(C)C. The first kappa shape index (κ1) is 13.4. The largest absolute Gasteiger partial charge is 0.326 e. The number of nitrogens with zero attached hydrogens (tertiary/aromatic N) is 2. The zero-order valence-electron chi connectivity index (χ0n) is 11.8. The van der Waals surface area contributed by atoms with Crippen molar-refractivity contribution < 1.29 is 0 Å². The Morgan fingerprint density at radius 3 is 2.56 bits per heavy atom. The highest BCUT2D eigenvalue weighted by Crippen LogP contribution is 2.29. The molecule has 1 atom stereocenters. The van der Waals surface area contributed by atoms with Crippen LogP contribution in [0.25, 0.3) is 11.0 Å². The average molecular weight is 265 g/mol. The summed E-state index contributed by atoms with van der Waals surface area (Å²) in [6.07, 6.45) is 0. The Hall–Kier alpha value is -1.02. The third-order valence-electron chi connectivity index (χ3n) is 3.00. The zero-order chi connectivity index (χ0) is 13.5. The molecule has 18 heavy (non-hydrogen) atoms. The van der Waals surface area contributed by atoms with Gasteiger partial charge in [0, 0.05) is 6.54 Å². The molecular formula is C15H21ClN2. The molecule has 0 amide bonds. The molecule has 2 rings (SSSR count). The first-order valence-electron chi connectivity index (χ1n) is 6.39. The minimum absolute atomic E-state index is 0.0702. The maximum Gasteiger partial charge on any atom is 0.127 e. The van der Waals surface area contributed by atoms with Crippen LogP contribution in [-0.2, 0) is 6.54 Å². The van der Waals surface area contributed by atoms with Crippen LogP contribution in [0.15, 0.2) is 18.2 Å². The number of halogens is 1.